The molecular formula is C16H15BrN2O3. The van der Waals surface area contributed by atoms with Crippen LogP contribution in [0.25, 0.3) is 0 Å². The molecule has 1 N–H and O–H groups in total. The average molecular weight is 363 g/mol. The number of halogens is 1. The lowest BCUT2D eigenvalue weighted by Gasteiger charge is -2.16. The molecule has 0 radical (unpaired) electrons. The van der Waals surface area contributed by atoms with Gasteiger partial charge in [-0.15, -0.1) is 0 Å². The van der Waals surface area contributed by atoms with E-state index in [1.807, 2.05) is 24.3 Å². The minimum absolute atomic E-state index is 0.0273. The number of amides is 2. The van der Waals surface area contributed by atoms with Crippen molar-refractivity contribution in [3.8, 4) is 0 Å². The van der Waals surface area contributed by atoms with E-state index >= 15 is 0 Å². The van der Waals surface area contributed by atoms with Gasteiger partial charge in [0.15, 0.2) is 0 Å². The highest BCUT2D eigenvalue weighted by Crippen LogP contribution is 2.26. The summed E-state index contributed by atoms with van der Waals surface area (Å²) in [7, 11) is 0. The van der Waals surface area contributed by atoms with E-state index < -0.39 is 0 Å². The Balaban J connectivity index is 1.61. The summed E-state index contributed by atoms with van der Waals surface area (Å²) in [5.74, 6) is 0.221. The summed E-state index contributed by atoms with van der Waals surface area (Å²) in [5, 5.41) is 2.81. The molecule has 2 heterocycles. The van der Waals surface area contributed by atoms with Gasteiger partial charge in [0.1, 0.15) is 5.76 Å². The van der Waals surface area contributed by atoms with Crippen LogP contribution in [-0.4, -0.2) is 18.4 Å². The molecule has 1 aromatic heterocycles. The van der Waals surface area contributed by atoms with Crippen LogP contribution in [0.1, 0.15) is 12.2 Å². The molecule has 5 nitrogen and oxygen atoms in total. The molecule has 0 bridgehead atoms. The van der Waals surface area contributed by atoms with Crippen molar-refractivity contribution in [2.75, 3.05) is 11.4 Å². The molecule has 6 heteroatoms. The number of benzene rings is 1. The smallest absolute Gasteiger partial charge is 0.227 e. The first-order chi connectivity index (χ1) is 10.6. The Hall–Kier alpha value is -2.08. The van der Waals surface area contributed by atoms with Gasteiger partial charge in [0.2, 0.25) is 11.8 Å². The molecule has 1 atom stereocenters. The summed E-state index contributed by atoms with van der Waals surface area (Å²) < 4.78 is 6.13. The van der Waals surface area contributed by atoms with Crippen LogP contribution in [0, 0.1) is 5.92 Å². The van der Waals surface area contributed by atoms with E-state index in [1.54, 1.807) is 23.3 Å². The first-order valence-electron chi connectivity index (χ1n) is 6.99. The van der Waals surface area contributed by atoms with Crippen molar-refractivity contribution < 1.29 is 14.0 Å². The SMILES string of the molecule is O=C(NCc1ccco1)[C@H]1CC(=O)N(c2ccc(Br)cc2)C1. The van der Waals surface area contributed by atoms with Gasteiger partial charge < -0.3 is 14.6 Å². The molecule has 0 aliphatic carbocycles. The molecule has 2 aromatic rings. The van der Waals surface area contributed by atoms with Gasteiger partial charge in [-0.05, 0) is 36.4 Å². The molecule has 0 saturated carbocycles. The highest BCUT2D eigenvalue weighted by Gasteiger charge is 2.34. The third-order valence-corrected chi connectivity index (χ3v) is 4.18. The van der Waals surface area contributed by atoms with Crippen LogP contribution in [0.4, 0.5) is 5.69 Å². The molecule has 22 heavy (non-hydrogen) atoms. The van der Waals surface area contributed by atoms with Crippen molar-refractivity contribution in [3.05, 3.63) is 52.9 Å². The molecule has 3 rings (SSSR count). The highest BCUT2D eigenvalue weighted by atomic mass is 79.9. The van der Waals surface area contributed by atoms with Crippen molar-refractivity contribution in [2.45, 2.75) is 13.0 Å². The number of nitrogens with zero attached hydrogens (tertiary/aromatic N) is 1. The van der Waals surface area contributed by atoms with Crippen molar-refractivity contribution in [3.63, 3.8) is 0 Å². The zero-order valence-electron chi connectivity index (χ0n) is 11.8. The predicted molar refractivity (Wildman–Crippen MR) is 85.2 cm³/mol. The predicted octanol–water partition coefficient (Wildman–Crippen LogP) is 2.71. The lowest BCUT2D eigenvalue weighted by Crippen LogP contribution is -2.32. The van der Waals surface area contributed by atoms with E-state index in [1.165, 1.54) is 0 Å². The molecule has 1 fully saturated rings. The second-order valence-electron chi connectivity index (χ2n) is 5.18. The molecule has 1 saturated heterocycles. The second-order valence-corrected chi connectivity index (χ2v) is 6.09. The van der Waals surface area contributed by atoms with E-state index in [4.69, 9.17) is 4.42 Å². The molecular weight excluding hydrogens is 348 g/mol. The first kappa shape index (κ1) is 14.8. The fraction of sp³-hybridized carbons (Fsp3) is 0.250. The Morgan fingerprint density at radius 2 is 2.09 bits per heavy atom. The number of hydrogen-bond donors (Lipinski definition) is 1. The van der Waals surface area contributed by atoms with Crippen molar-refractivity contribution in [1.29, 1.82) is 0 Å². The molecule has 0 unspecified atom stereocenters. The Morgan fingerprint density at radius 3 is 2.77 bits per heavy atom. The van der Waals surface area contributed by atoms with Gasteiger partial charge in [-0.2, -0.15) is 0 Å². The van der Waals surface area contributed by atoms with Crippen LogP contribution in [0.2, 0.25) is 0 Å². The molecule has 114 valence electrons. The van der Waals surface area contributed by atoms with Gasteiger partial charge >= 0.3 is 0 Å². The van der Waals surface area contributed by atoms with Gasteiger partial charge in [0.25, 0.3) is 0 Å². The maximum absolute atomic E-state index is 12.2. The monoisotopic (exact) mass is 362 g/mol. The van der Waals surface area contributed by atoms with Crippen molar-refractivity contribution in [1.82, 2.24) is 5.32 Å². The van der Waals surface area contributed by atoms with Crippen LogP contribution >= 0.6 is 15.9 Å². The summed E-state index contributed by atoms with van der Waals surface area (Å²) in [6, 6.07) is 11.1. The number of rotatable bonds is 4. The van der Waals surface area contributed by atoms with E-state index in [0.717, 1.165) is 10.2 Å². The largest absolute Gasteiger partial charge is 0.467 e. The Kier molecular flexibility index (Phi) is 4.29. The van der Waals surface area contributed by atoms with Crippen molar-refractivity contribution in [2.24, 2.45) is 5.92 Å². The number of anilines is 1. The van der Waals surface area contributed by atoms with Gasteiger partial charge in [0, 0.05) is 23.1 Å². The van der Waals surface area contributed by atoms with Gasteiger partial charge in [0.05, 0.1) is 18.7 Å². The fourth-order valence-electron chi connectivity index (χ4n) is 2.49. The maximum atomic E-state index is 12.2. The summed E-state index contributed by atoms with van der Waals surface area (Å²) in [4.78, 5) is 26.0. The molecule has 0 spiro atoms. The third-order valence-electron chi connectivity index (χ3n) is 3.65. The Labute approximate surface area is 136 Å². The summed E-state index contributed by atoms with van der Waals surface area (Å²) in [6.45, 7) is 0.749. The van der Waals surface area contributed by atoms with Gasteiger partial charge in [-0.3, -0.25) is 9.59 Å². The Bertz CT molecular complexity index is 667. The highest BCUT2D eigenvalue weighted by molar-refractivity contribution is 9.10. The molecule has 2 amide bonds. The van der Waals surface area contributed by atoms with Crippen LogP contribution in [-0.2, 0) is 16.1 Å². The quantitative estimate of drug-likeness (QED) is 0.909. The third kappa shape index (κ3) is 3.22. The van der Waals surface area contributed by atoms with Crippen molar-refractivity contribution >= 4 is 33.4 Å². The van der Waals surface area contributed by atoms with Gasteiger partial charge in [-0.1, -0.05) is 15.9 Å². The van der Waals surface area contributed by atoms with E-state index in [2.05, 4.69) is 21.2 Å². The fourth-order valence-corrected chi connectivity index (χ4v) is 2.75. The number of hydrogen-bond acceptors (Lipinski definition) is 3. The number of carbonyl (C=O) groups is 2. The summed E-state index contributed by atoms with van der Waals surface area (Å²) >= 11 is 3.37. The first-order valence-corrected chi connectivity index (χ1v) is 7.79. The van der Waals surface area contributed by atoms with Crippen LogP contribution in [0.3, 0.4) is 0 Å². The topological polar surface area (TPSA) is 62.6 Å². The van der Waals surface area contributed by atoms with E-state index in [0.29, 0.717) is 18.8 Å². The van der Waals surface area contributed by atoms with E-state index in [9.17, 15) is 9.59 Å². The maximum Gasteiger partial charge on any atom is 0.227 e. The summed E-state index contributed by atoms with van der Waals surface area (Å²) in [5.41, 5.74) is 0.814. The minimum Gasteiger partial charge on any atom is -0.467 e. The number of nitrogens with one attached hydrogen (secondary N) is 1. The van der Waals surface area contributed by atoms with Crippen LogP contribution < -0.4 is 10.2 Å². The van der Waals surface area contributed by atoms with E-state index in [-0.39, 0.29) is 24.2 Å². The number of furan rings is 1. The zero-order valence-corrected chi connectivity index (χ0v) is 13.4. The average Bonchev–Trinajstić information content (AvgIpc) is 3.15. The minimum atomic E-state index is -0.328. The zero-order chi connectivity index (χ0) is 15.5. The van der Waals surface area contributed by atoms with Crippen LogP contribution in [0.15, 0.2) is 51.6 Å². The molecule has 1 aliphatic rings. The van der Waals surface area contributed by atoms with Gasteiger partial charge in [-0.25, -0.2) is 0 Å². The summed E-state index contributed by atoms with van der Waals surface area (Å²) in [6.07, 6.45) is 1.80. The Morgan fingerprint density at radius 1 is 1.32 bits per heavy atom. The lowest BCUT2D eigenvalue weighted by molar-refractivity contribution is -0.126. The lowest BCUT2D eigenvalue weighted by atomic mass is 10.1. The molecule has 1 aliphatic heterocycles. The molecule has 1 aromatic carbocycles. The standard InChI is InChI=1S/C16H15BrN2O3/c17-12-3-5-13(6-4-12)19-10-11(8-15(19)20)16(21)18-9-14-2-1-7-22-14/h1-7,11H,8-10H2,(H,18,21)/t11-/m0/s1. The number of carbonyl (C=O) groups excluding carboxylic acids is 2. The van der Waals surface area contributed by atoms with Crippen LogP contribution in [0.5, 0.6) is 0 Å². The second kappa shape index (κ2) is 6.36. The normalized spacial score (nSPS) is 17.8.